The lowest BCUT2D eigenvalue weighted by atomic mass is 10.1. The number of rotatable bonds is 3. The number of hydrogen-bond donors (Lipinski definition) is 0. The van der Waals surface area contributed by atoms with Crippen molar-refractivity contribution in [1.82, 2.24) is 14.4 Å². The Morgan fingerprint density at radius 1 is 0.960 bits per heavy atom. The van der Waals surface area contributed by atoms with Crippen LogP contribution in [-0.2, 0) is 4.79 Å². The van der Waals surface area contributed by atoms with Gasteiger partial charge in [-0.25, -0.2) is 0 Å². The number of aromatic nitrogens is 1. The molecule has 130 valence electrons. The standard InChI is InChI=1S/C20H23N3O2/c1-15-4-5-17(14-18(15)21-8-2-3-9-21)20(25)23-12-10-22(11-13-23)19(24)16-6-7-16/h2-5,8-9,14,16H,6-7,10-13H2,1H3. The lowest BCUT2D eigenvalue weighted by Crippen LogP contribution is -2.51. The highest BCUT2D eigenvalue weighted by molar-refractivity contribution is 5.95. The number of carbonyl (C=O) groups excluding carboxylic acids is 2. The summed E-state index contributed by atoms with van der Waals surface area (Å²) < 4.78 is 2.03. The van der Waals surface area contributed by atoms with E-state index in [-0.39, 0.29) is 17.7 Å². The summed E-state index contributed by atoms with van der Waals surface area (Å²) in [6, 6.07) is 9.80. The van der Waals surface area contributed by atoms with E-state index in [2.05, 4.69) is 0 Å². The molecule has 2 aliphatic rings. The summed E-state index contributed by atoms with van der Waals surface area (Å²) in [5.41, 5.74) is 2.86. The average molecular weight is 337 g/mol. The van der Waals surface area contributed by atoms with E-state index in [0.717, 1.165) is 24.1 Å². The topological polar surface area (TPSA) is 45.6 Å². The predicted molar refractivity (Wildman–Crippen MR) is 95.7 cm³/mol. The van der Waals surface area contributed by atoms with Crippen LogP contribution in [0, 0.1) is 12.8 Å². The van der Waals surface area contributed by atoms with Crippen LogP contribution >= 0.6 is 0 Å². The van der Waals surface area contributed by atoms with Gasteiger partial charge in [-0.3, -0.25) is 9.59 Å². The summed E-state index contributed by atoms with van der Waals surface area (Å²) >= 11 is 0. The van der Waals surface area contributed by atoms with E-state index in [1.807, 2.05) is 64.0 Å². The fourth-order valence-corrected chi connectivity index (χ4v) is 3.42. The Kier molecular flexibility index (Phi) is 4.07. The molecule has 2 heterocycles. The Balaban J connectivity index is 1.46. The molecular weight excluding hydrogens is 314 g/mol. The van der Waals surface area contributed by atoms with Crippen LogP contribution < -0.4 is 0 Å². The number of nitrogens with zero attached hydrogens (tertiary/aromatic N) is 3. The minimum absolute atomic E-state index is 0.0481. The molecule has 0 spiro atoms. The maximum atomic E-state index is 12.9. The monoisotopic (exact) mass is 337 g/mol. The first kappa shape index (κ1) is 15.9. The third-order valence-corrected chi connectivity index (χ3v) is 5.14. The molecule has 2 amide bonds. The Labute approximate surface area is 147 Å². The molecule has 1 aromatic heterocycles. The number of amides is 2. The first-order valence-corrected chi connectivity index (χ1v) is 8.95. The van der Waals surface area contributed by atoms with Crippen LogP contribution in [-0.4, -0.2) is 52.4 Å². The van der Waals surface area contributed by atoms with Crippen molar-refractivity contribution in [1.29, 1.82) is 0 Å². The van der Waals surface area contributed by atoms with Gasteiger partial charge in [-0.2, -0.15) is 0 Å². The molecule has 1 saturated heterocycles. The number of benzene rings is 1. The third-order valence-electron chi connectivity index (χ3n) is 5.14. The van der Waals surface area contributed by atoms with E-state index >= 15 is 0 Å². The van der Waals surface area contributed by atoms with Crippen molar-refractivity contribution in [2.24, 2.45) is 5.92 Å². The molecule has 0 unspecified atom stereocenters. The highest BCUT2D eigenvalue weighted by Crippen LogP contribution is 2.31. The van der Waals surface area contributed by atoms with Crippen molar-refractivity contribution >= 4 is 11.8 Å². The second-order valence-electron chi connectivity index (χ2n) is 6.98. The van der Waals surface area contributed by atoms with Crippen LogP contribution in [0.2, 0.25) is 0 Å². The summed E-state index contributed by atoms with van der Waals surface area (Å²) in [6.07, 6.45) is 6.03. The van der Waals surface area contributed by atoms with E-state index in [1.165, 1.54) is 0 Å². The average Bonchev–Trinajstić information content (AvgIpc) is 3.36. The number of piperazine rings is 1. The zero-order chi connectivity index (χ0) is 17.4. The second kappa shape index (κ2) is 6.39. The van der Waals surface area contributed by atoms with Gasteiger partial charge in [0.2, 0.25) is 5.91 Å². The molecule has 0 atom stereocenters. The van der Waals surface area contributed by atoms with Crippen molar-refractivity contribution in [2.75, 3.05) is 26.2 Å². The maximum absolute atomic E-state index is 12.9. The molecule has 2 fully saturated rings. The highest BCUT2D eigenvalue weighted by Gasteiger charge is 2.35. The van der Waals surface area contributed by atoms with Crippen molar-refractivity contribution in [3.05, 3.63) is 53.9 Å². The molecule has 0 radical (unpaired) electrons. The Morgan fingerprint density at radius 2 is 1.60 bits per heavy atom. The van der Waals surface area contributed by atoms with Crippen molar-refractivity contribution in [3.8, 4) is 5.69 Å². The highest BCUT2D eigenvalue weighted by atomic mass is 16.2. The van der Waals surface area contributed by atoms with Gasteiger partial charge in [0.05, 0.1) is 0 Å². The fourth-order valence-electron chi connectivity index (χ4n) is 3.42. The van der Waals surface area contributed by atoms with Gasteiger partial charge in [0.1, 0.15) is 0 Å². The van der Waals surface area contributed by atoms with Crippen molar-refractivity contribution in [3.63, 3.8) is 0 Å². The Hall–Kier alpha value is -2.56. The van der Waals surface area contributed by atoms with Gasteiger partial charge >= 0.3 is 0 Å². The van der Waals surface area contributed by atoms with Crippen LogP contribution in [0.5, 0.6) is 0 Å². The molecule has 1 aliphatic carbocycles. The van der Waals surface area contributed by atoms with Crippen molar-refractivity contribution in [2.45, 2.75) is 19.8 Å². The second-order valence-corrected chi connectivity index (χ2v) is 6.98. The minimum Gasteiger partial charge on any atom is -0.339 e. The molecule has 5 heteroatoms. The molecule has 1 aromatic carbocycles. The van der Waals surface area contributed by atoms with Gasteiger partial charge in [-0.05, 0) is 49.6 Å². The quantitative estimate of drug-likeness (QED) is 0.864. The maximum Gasteiger partial charge on any atom is 0.254 e. The van der Waals surface area contributed by atoms with Crippen LogP contribution in [0.3, 0.4) is 0 Å². The molecule has 0 N–H and O–H groups in total. The van der Waals surface area contributed by atoms with E-state index in [9.17, 15) is 9.59 Å². The van der Waals surface area contributed by atoms with E-state index in [4.69, 9.17) is 0 Å². The van der Waals surface area contributed by atoms with E-state index in [0.29, 0.717) is 31.7 Å². The summed E-state index contributed by atoms with van der Waals surface area (Å²) in [6.45, 7) is 4.58. The van der Waals surface area contributed by atoms with Gasteiger partial charge < -0.3 is 14.4 Å². The molecule has 0 bridgehead atoms. The van der Waals surface area contributed by atoms with Crippen LogP contribution in [0.4, 0.5) is 0 Å². The summed E-state index contributed by atoms with van der Waals surface area (Å²) in [5.74, 6) is 0.577. The summed E-state index contributed by atoms with van der Waals surface area (Å²) in [4.78, 5) is 28.8. The molecule has 1 aliphatic heterocycles. The van der Waals surface area contributed by atoms with Crippen molar-refractivity contribution < 1.29 is 9.59 Å². The smallest absolute Gasteiger partial charge is 0.254 e. The van der Waals surface area contributed by atoms with E-state index < -0.39 is 0 Å². The van der Waals surface area contributed by atoms with Gasteiger partial charge in [-0.15, -0.1) is 0 Å². The lowest BCUT2D eigenvalue weighted by molar-refractivity contribution is -0.134. The summed E-state index contributed by atoms with van der Waals surface area (Å²) in [7, 11) is 0. The first-order valence-electron chi connectivity index (χ1n) is 8.95. The number of aryl methyl sites for hydroxylation is 1. The minimum atomic E-state index is 0.0481. The number of carbonyl (C=O) groups is 2. The fraction of sp³-hybridized carbons (Fsp3) is 0.400. The van der Waals surface area contributed by atoms with Gasteiger partial charge in [0.15, 0.2) is 0 Å². The SMILES string of the molecule is Cc1ccc(C(=O)N2CCN(C(=O)C3CC3)CC2)cc1-n1cccc1. The first-order chi connectivity index (χ1) is 12.1. The molecular formula is C20H23N3O2. The summed E-state index contributed by atoms with van der Waals surface area (Å²) in [5, 5.41) is 0. The van der Waals surface area contributed by atoms with Gasteiger partial charge in [0.25, 0.3) is 5.91 Å². The van der Waals surface area contributed by atoms with Crippen LogP contribution in [0.1, 0.15) is 28.8 Å². The lowest BCUT2D eigenvalue weighted by Gasteiger charge is -2.35. The Morgan fingerprint density at radius 3 is 2.24 bits per heavy atom. The van der Waals surface area contributed by atoms with Gasteiger partial charge in [0, 0.05) is 55.7 Å². The molecule has 4 rings (SSSR count). The normalized spacial score (nSPS) is 17.6. The molecule has 1 saturated carbocycles. The predicted octanol–water partition coefficient (Wildman–Crippen LogP) is 2.48. The Bertz CT molecular complexity index is 785. The molecule has 2 aromatic rings. The van der Waals surface area contributed by atoms with Crippen LogP contribution in [0.25, 0.3) is 5.69 Å². The number of hydrogen-bond acceptors (Lipinski definition) is 2. The van der Waals surface area contributed by atoms with Gasteiger partial charge in [-0.1, -0.05) is 6.07 Å². The zero-order valence-electron chi connectivity index (χ0n) is 14.5. The molecule has 25 heavy (non-hydrogen) atoms. The zero-order valence-corrected chi connectivity index (χ0v) is 14.5. The van der Waals surface area contributed by atoms with E-state index in [1.54, 1.807) is 0 Å². The van der Waals surface area contributed by atoms with Crippen LogP contribution in [0.15, 0.2) is 42.7 Å². The third kappa shape index (κ3) is 3.18. The largest absolute Gasteiger partial charge is 0.339 e. The molecule has 5 nitrogen and oxygen atoms in total.